The predicted molar refractivity (Wildman–Crippen MR) is 89.4 cm³/mol. The first-order valence-electron chi connectivity index (χ1n) is 6.37. The van der Waals surface area contributed by atoms with Gasteiger partial charge < -0.3 is 15.2 Å². The van der Waals surface area contributed by atoms with Crippen LogP contribution in [0.25, 0.3) is 0 Å². The summed E-state index contributed by atoms with van der Waals surface area (Å²) < 4.78 is 11.1. The number of thiocarbonyl (C=S) groups is 1. The van der Waals surface area contributed by atoms with Gasteiger partial charge in [0.1, 0.15) is 11.6 Å². The standard InChI is InChI=1S/C16H16ClNO2S/c1-10-3-6-14(15(7-10)19-2)20-9-12-5-4-11(16(18)21)8-13(12)17/h3-8H,9H2,1-2H3,(H2,18,21). The molecule has 0 atom stereocenters. The quantitative estimate of drug-likeness (QED) is 0.849. The maximum Gasteiger partial charge on any atom is 0.161 e. The highest BCUT2D eigenvalue weighted by molar-refractivity contribution is 7.80. The number of methoxy groups -OCH3 is 1. The number of rotatable bonds is 5. The van der Waals surface area contributed by atoms with Crippen molar-refractivity contribution < 1.29 is 9.47 Å². The van der Waals surface area contributed by atoms with Gasteiger partial charge in [0.2, 0.25) is 0 Å². The van der Waals surface area contributed by atoms with Crippen molar-refractivity contribution in [3.05, 3.63) is 58.1 Å². The number of benzene rings is 2. The van der Waals surface area contributed by atoms with Crippen LogP contribution in [0.1, 0.15) is 16.7 Å². The molecule has 0 radical (unpaired) electrons. The third kappa shape index (κ3) is 3.86. The van der Waals surface area contributed by atoms with Crippen LogP contribution in [0.2, 0.25) is 5.02 Å². The Morgan fingerprint density at radius 1 is 1.19 bits per heavy atom. The molecule has 0 saturated carbocycles. The van der Waals surface area contributed by atoms with Crippen molar-refractivity contribution >= 4 is 28.8 Å². The Kier molecular flexibility index (Phi) is 5.04. The van der Waals surface area contributed by atoms with Gasteiger partial charge in [0.05, 0.1) is 7.11 Å². The van der Waals surface area contributed by atoms with Crippen LogP contribution in [0.4, 0.5) is 0 Å². The minimum atomic E-state index is 0.324. The first-order chi connectivity index (χ1) is 10.0. The van der Waals surface area contributed by atoms with Crippen LogP contribution in [0.3, 0.4) is 0 Å². The third-order valence-electron chi connectivity index (χ3n) is 3.04. The second-order valence-corrected chi connectivity index (χ2v) is 5.46. The molecule has 0 fully saturated rings. The molecule has 2 N–H and O–H groups in total. The number of nitrogens with two attached hydrogens (primary N) is 1. The van der Waals surface area contributed by atoms with Crippen LogP contribution < -0.4 is 15.2 Å². The van der Waals surface area contributed by atoms with E-state index >= 15 is 0 Å². The molecule has 2 rings (SSSR count). The lowest BCUT2D eigenvalue weighted by Crippen LogP contribution is -2.09. The molecule has 2 aromatic carbocycles. The maximum absolute atomic E-state index is 6.21. The molecule has 3 nitrogen and oxygen atoms in total. The average molecular weight is 322 g/mol. The van der Waals surface area contributed by atoms with Crippen molar-refractivity contribution in [2.24, 2.45) is 5.73 Å². The van der Waals surface area contributed by atoms with Gasteiger partial charge in [-0.1, -0.05) is 42.0 Å². The maximum atomic E-state index is 6.21. The highest BCUT2D eigenvalue weighted by atomic mass is 35.5. The van der Waals surface area contributed by atoms with Crippen molar-refractivity contribution in [3.8, 4) is 11.5 Å². The molecule has 0 heterocycles. The van der Waals surface area contributed by atoms with E-state index in [1.807, 2.05) is 37.3 Å². The van der Waals surface area contributed by atoms with Gasteiger partial charge in [0.25, 0.3) is 0 Å². The Balaban J connectivity index is 2.15. The number of aryl methyl sites for hydroxylation is 1. The van der Waals surface area contributed by atoms with Gasteiger partial charge in [-0.2, -0.15) is 0 Å². The van der Waals surface area contributed by atoms with Gasteiger partial charge in [-0.3, -0.25) is 0 Å². The third-order valence-corrected chi connectivity index (χ3v) is 3.63. The Labute approximate surface area is 134 Å². The molecule has 0 spiro atoms. The molecule has 0 amide bonds. The molecule has 0 aliphatic carbocycles. The first kappa shape index (κ1) is 15.6. The van der Waals surface area contributed by atoms with Crippen molar-refractivity contribution in [1.29, 1.82) is 0 Å². The summed E-state index contributed by atoms with van der Waals surface area (Å²) in [7, 11) is 1.62. The van der Waals surface area contributed by atoms with Crippen LogP contribution in [-0.4, -0.2) is 12.1 Å². The fraction of sp³-hybridized carbons (Fsp3) is 0.188. The minimum Gasteiger partial charge on any atom is -0.493 e. The zero-order valence-corrected chi connectivity index (χ0v) is 13.4. The molecule has 0 aromatic heterocycles. The largest absolute Gasteiger partial charge is 0.493 e. The van der Waals surface area contributed by atoms with E-state index in [4.69, 9.17) is 39.0 Å². The molecule has 2 aromatic rings. The first-order valence-corrected chi connectivity index (χ1v) is 7.15. The summed E-state index contributed by atoms with van der Waals surface area (Å²) >= 11 is 11.1. The summed E-state index contributed by atoms with van der Waals surface area (Å²) in [4.78, 5) is 0.324. The molecule has 21 heavy (non-hydrogen) atoms. The average Bonchev–Trinajstić information content (AvgIpc) is 2.46. The van der Waals surface area contributed by atoms with E-state index in [1.165, 1.54) is 0 Å². The lowest BCUT2D eigenvalue weighted by molar-refractivity contribution is 0.284. The summed E-state index contributed by atoms with van der Waals surface area (Å²) in [6.07, 6.45) is 0. The van der Waals surface area contributed by atoms with Crippen LogP contribution in [0.5, 0.6) is 11.5 Å². The summed E-state index contributed by atoms with van der Waals surface area (Å²) in [5.74, 6) is 1.38. The topological polar surface area (TPSA) is 44.5 Å². The second kappa shape index (κ2) is 6.78. The van der Waals surface area contributed by atoms with Crippen LogP contribution in [0, 0.1) is 6.92 Å². The SMILES string of the molecule is COc1cc(C)ccc1OCc1ccc(C(N)=S)cc1Cl. The summed E-state index contributed by atoms with van der Waals surface area (Å²) in [5.41, 5.74) is 8.29. The van der Waals surface area contributed by atoms with E-state index in [0.29, 0.717) is 28.1 Å². The summed E-state index contributed by atoms with van der Waals surface area (Å²) in [6.45, 7) is 2.34. The molecule has 0 aliphatic rings. The van der Waals surface area contributed by atoms with E-state index in [-0.39, 0.29) is 0 Å². The second-order valence-electron chi connectivity index (χ2n) is 4.61. The highest BCUT2D eigenvalue weighted by Gasteiger charge is 2.08. The van der Waals surface area contributed by atoms with Crippen molar-refractivity contribution in [3.63, 3.8) is 0 Å². The molecule has 0 saturated heterocycles. The van der Waals surface area contributed by atoms with Crippen molar-refractivity contribution in [1.82, 2.24) is 0 Å². The van der Waals surface area contributed by atoms with Crippen LogP contribution in [0.15, 0.2) is 36.4 Å². The van der Waals surface area contributed by atoms with Gasteiger partial charge in [0.15, 0.2) is 11.5 Å². The number of hydrogen-bond acceptors (Lipinski definition) is 3. The molecular weight excluding hydrogens is 306 g/mol. The van der Waals surface area contributed by atoms with Crippen molar-refractivity contribution in [2.45, 2.75) is 13.5 Å². The zero-order valence-electron chi connectivity index (χ0n) is 11.9. The Morgan fingerprint density at radius 3 is 2.57 bits per heavy atom. The van der Waals surface area contributed by atoms with Gasteiger partial charge in [0, 0.05) is 16.1 Å². The van der Waals surface area contributed by atoms with Gasteiger partial charge in [-0.15, -0.1) is 0 Å². The Hall–Kier alpha value is -1.78. The fourth-order valence-corrected chi connectivity index (χ4v) is 2.23. The molecule has 0 bridgehead atoms. The monoisotopic (exact) mass is 321 g/mol. The van der Waals surface area contributed by atoms with E-state index in [9.17, 15) is 0 Å². The van der Waals surface area contributed by atoms with E-state index in [0.717, 1.165) is 16.7 Å². The molecule has 0 unspecified atom stereocenters. The number of ether oxygens (including phenoxy) is 2. The van der Waals surface area contributed by atoms with Crippen molar-refractivity contribution in [2.75, 3.05) is 7.11 Å². The van der Waals surface area contributed by atoms with Crippen LogP contribution >= 0.6 is 23.8 Å². The molecule has 0 aliphatic heterocycles. The molecule has 5 heteroatoms. The Morgan fingerprint density at radius 2 is 1.95 bits per heavy atom. The van der Waals surface area contributed by atoms with Gasteiger partial charge in [-0.25, -0.2) is 0 Å². The van der Waals surface area contributed by atoms with Crippen LogP contribution in [-0.2, 0) is 6.61 Å². The predicted octanol–water partition coefficient (Wildman–Crippen LogP) is 3.87. The summed E-state index contributed by atoms with van der Waals surface area (Å²) in [6, 6.07) is 11.2. The fourth-order valence-electron chi connectivity index (χ4n) is 1.87. The number of halogens is 1. The van der Waals surface area contributed by atoms with Gasteiger partial charge >= 0.3 is 0 Å². The lowest BCUT2D eigenvalue weighted by atomic mass is 10.1. The number of hydrogen-bond donors (Lipinski definition) is 1. The smallest absolute Gasteiger partial charge is 0.161 e. The minimum absolute atomic E-state index is 0.324. The lowest BCUT2D eigenvalue weighted by Gasteiger charge is -2.12. The molecular formula is C16H16ClNO2S. The normalized spacial score (nSPS) is 10.2. The molecule has 110 valence electrons. The Bertz CT molecular complexity index is 673. The highest BCUT2D eigenvalue weighted by Crippen LogP contribution is 2.29. The van der Waals surface area contributed by atoms with E-state index in [1.54, 1.807) is 13.2 Å². The van der Waals surface area contributed by atoms with E-state index < -0.39 is 0 Å². The zero-order chi connectivity index (χ0) is 15.4. The van der Waals surface area contributed by atoms with E-state index in [2.05, 4.69) is 0 Å². The summed E-state index contributed by atoms with van der Waals surface area (Å²) in [5, 5.41) is 0.575. The van der Waals surface area contributed by atoms with Gasteiger partial charge in [-0.05, 0) is 30.7 Å².